The number of hydrogen-bond acceptors (Lipinski definition) is 2. The molecular formula is C11H7ClN2OS. The van der Waals surface area contributed by atoms with Gasteiger partial charge in [-0.25, -0.2) is 4.79 Å². The van der Waals surface area contributed by atoms with E-state index in [2.05, 4.69) is 4.98 Å². The van der Waals surface area contributed by atoms with E-state index in [-0.39, 0.29) is 5.69 Å². The second-order valence-corrected chi connectivity index (χ2v) is 4.74. The molecule has 2 aromatic heterocycles. The molecule has 16 heavy (non-hydrogen) atoms. The van der Waals surface area contributed by atoms with Crippen LogP contribution in [-0.2, 0) is 0 Å². The second kappa shape index (κ2) is 3.50. The van der Waals surface area contributed by atoms with Crippen molar-refractivity contribution in [2.24, 2.45) is 0 Å². The fourth-order valence-electron chi connectivity index (χ4n) is 1.69. The summed E-state index contributed by atoms with van der Waals surface area (Å²) in [5, 5.41) is 3.45. The number of H-pyrrole nitrogens is 1. The largest absolute Gasteiger partial charge is 0.331 e. The quantitative estimate of drug-likeness (QED) is 0.708. The van der Waals surface area contributed by atoms with Crippen LogP contribution < -0.4 is 5.69 Å². The molecule has 3 nitrogen and oxygen atoms in total. The second-order valence-electron chi connectivity index (χ2n) is 3.38. The molecule has 1 aromatic carbocycles. The van der Waals surface area contributed by atoms with Crippen molar-refractivity contribution in [3.63, 3.8) is 0 Å². The zero-order valence-electron chi connectivity index (χ0n) is 8.11. The molecule has 0 amide bonds. The van der Waals surface area contributed by atoms with Crippen LogP contribution in [0.15, 0.2) is 40.5 Å². The zero-order chi connectivity index (χ0) is 11.1. The number of nitrogens with zero attached hydrogens (tertiary/aromatic N) is 1. The van der Waals surface area contributed by atoms with Gasteiger partial charge in [0.1, 0.15) is 5.00 Å². The number of benzene rings is 1. The van der Waals surface area contributed by atoms with Crippen LogP contribution in [-0.4, -0.2) is 9.55 Å². The summed E-state index contributed by atoms with van der Waals surface area (Å²) in [6, 6.07) is 9.17. The van der Waals surface area contributed by atoms with Gasteiger partial charge in [0.05, 0.1) is 11.0 Å². The Kier molecular flexibility index (Phi) is 2.12. The van der Waals surface area contributed by atoms with Gasteiger partial charge in [0.25, 0.3) is 0 Å². The Labute approximate surface area is 99.9 Å². The van der Waals surface area contributed by atoms with Crippen LogP contribution in [0.25, 0.3) is 16.0 Å². The lowest BCUT2D eigenvalue weighted by molar-refractivity contribution is 1.04. The van der Waals surface area contributed by atoms with Crippen molar-refractivity contribution in [1.82, 2.24) is 9.55 Å². The van der Waals surface area contributed by atoms with Crippen LogP contribution in [0.2, 0.25) is 5.02 Å². The molecular weight excluding hydrogens is 244 g/mol. The molecule has 0 saturated carbocycles. The lowest BCUT2D eigenvalue weighted by Crippen LogP contribution is -2.13. The number of aromatic nitrogens is 2. The van der Waals surface area contributed by atoms with Gasteiger partial charge in [-0.2, -0.15) is 0 Å². The third kappa shape index (κ3) is 1.38. The fourth-order valence-corrected chi connectivity index (χ4v) is 2.60. The van der Waals surface area contributed by atoms with Crippen molar-refractivity contribution >= 4 is 34.0 Å². The van der Waals surface area contributed by atoms with E-state index in [4.69, 9.17) is 11.6 Å². The molecule has 0 aliphatic carbocycles. The van der Waals surface area contributed by atoms with E-state index in [9.17, 15) is 4.79 Å². The molecule has 1 N–H and O–H groups in total. The monoisotopic (exact) mass is 250 g/mol. The number of hydrogen-bond donors (Lipinski definition) is 1. The van der Waals surface area contributed by atoms with Gasteiger partial charge in [0.15, 0.2) is 0 Å². The summed E-state index contributed by atoms with van der Waals surface area (Å²) in [6.07, 6.45) is 0. The molecule has 0 aliphatic rings. The molecule has 0 saturated heterocycles. The smallest absolute Gasteiger partial charge is 0.305 e. The molecule has 0 radical (unpaired) electrons. The van der Waals surface area contributed by atoms with Gasteiger partial charge in [-0.05, 0) is 35.7 Å². The molecule has 3 aromatic rings. The number of aromatic amines is 1. The minimum absolute atomic E-state index is 0.139. The number of fused-ring (bicyclic) bond motifs is 1. The summed E-state index contributed by atoms with van der Waals surface area (Å²) >= 11 is 7.45. The number of thiophene rings is 1. The van der Waals surface area contributed by atoms with Crippen molar-refractivity contribution in [1.29, 1.82) is 0 Å². The highest BCUT2D eigenvalue weighted by Gasteiger charge is 2.09. The summed E-state index contributed by atoms with van der Waals surface area (Å²) in [7, 11) is 0. The fraction of sp³-hybridized carbons (Fsp3) is 0. The van der Waals surface area contributed by atoms with Crippen molar-refractivity contribution < 1.29 is 0 Å². The van der Waals surface area contributed by atoms with Crippen LogP contribution in [0.1, 0.15) is 0 Å². The Morgan fingerprint density at radius 2 is 2.19 bits per heavy atom. The lowest BCUT2D eigenvalue weighted by Gasteiger charge is -1.98. The van der Waals surface area contributed by atoms with E-state index in [1.165, 1.54) is 11.3 Å². The maximum atomic E-state index is 11.8. The van der Waals surface area contributed by atoms with E-state index >= 15 is 0 Å². The van der Waals surface area contributed by atoms with Crippen molar-refractivity contribution in [2.75, 3.05) is 0 Å². The predicted octanol–water partition coefficient (Wildman–Crippen LogP) is 3.03. The standard InChI is InChI=1S/C11H7ClN2OS/c12-7-3-4-8-9(6-7)14(11(15)13-8)10-2-1-5-16-10/h1-6H,(H,13,15). The average molecular weight is 251 g/mol. The third-order valence-corrected chi connectivity index (χ3v) is 3.46. The van der Waals surface area contributed by atoms with Gasteiger partial charge in [-0.15, -0.1) is 11.3 Å². The van der Waals surface area contributed by atoms with Gasteiger partial charge >= 0.3 is 5.69 Å². The minimum Gasteiger partial charge on any atom is -0.305 e. The SMILES string of the molecule is O=c1[nH]c2ccc(Cl)cc2n1-c1cccs1. The Hall–Kier alpha value is -1.52. The van der Waals surface area contributed by atoms with Crippen LogP contribution >= 0.6 is 22.9 Å². The average Bonchev–Trinajstić information content (AvgIpc) is 2.83. The highest BCUT2D eigenvalue weighted by molar-refractivity contribution is 7.12. The topological polar surface area (TPSA) is 37.8 Å². The van der Waals surface area contributed by atoms with Gasteiger partial charge < -0.3 is 4.98 Å². The van der Waals surface area contributed by atoms with E-state index in [1.54, 1.807) is 16.7 Å². The molecule has 0 bridgehead atoms. The van der Waals surface area contributed by atoms with Crippen LogP contribution in [0.5, 0.6) is 0 Å². The molecule has 5 heteroatoms. The zero-order valence-corrected chi connectivity index (χ0v) is 9.68. The van der Waals surface area contributed by atoms with Crippen molar-refractivity contribution in [2.45, 2.75) is 0 Å². The van der Waals surface area contributed by atoms with Gasteiger partial charge in [-0.1, -0.05) is 11.6 Å². The Bertz CT molecular complexity index is 696. The van der Waals surface area contributed by atoms with E-state index in [0.717, 1.165) is 16.0 Å². The normalized spacial score (nSPS) is 11.1. The molecule has 0 atom stereocenters. The molecule has 0 aliphatic heterocycles. The maximum Gasteiger partial charge on any atom is 0.331 e. The first kappa shape index (κ1) is 9.69. The summed E-state index contributed by atoms with van der Waals surface area (Å²) in [5.41, 5.74) is 1.46. The van der Waals surface area contributed by atoms with E-state index in [1.807, 2.05) is 23.6 Å². The van der Waals surface area contributed by atoms with Crippen LogP contribution in [0.4, 0.5) is 0 Å². The van der Waals surface area contributed by atoms with Crippen LogP contribution in [0.3, 0.4) is 0 Å². The Morgan fingerprint density at radius 3 is 2.94 bits per heavy atom. The number of imidazole rings is 1. The first-order chi connectivity index (χ1) is 7.75. The molecule has 3 rings (SSSR count). The lowest BCUT2D eigenvalue weighted by atomic mass is 10.3. The highest BCUT2D eigenvalue weighted by atomic mass is 35.5. The van der Waals surface area contributed by atoms with E-state index in [0.29, 0.717) is 5.02 Å². The van der Waals surface area contributed by atoms with Crippen LogP contribution in [0, 0.1) is 0 Å². The summed E-state index contributed by atoms with van der Waals surface area (Å²) in [6.45, 7) is 0. The van der Waals surface area contributed by atoms with E-state index < -0.39 is 0 Å². The molecule has 2 heterocycles. The molecule has 0 fully saturated rings. The molecule has 0 spiro atoms. The summed E-state index contributed by atoms with van der Waals surface area (Å²) in [5.74, 6) is 0. The number of nitrogens with one attached hydrogen (secondary N) is 1. The number of rotatable bonds is 1. The summed E-state index contributed by atoms with van der Waals surface area (Å²) < 4.78 is 1.63. The van der Waals surface area contributed by atoms with Crippen molar-refractivity contribution in [3.8, 4) is 5.00 Å². The highest BCUT2D eigenvalue weighted by Crippen LogP contribution is 2.21. The molecule has 0 unspecified atom stereocenters. The van der Waals surface area contributed by atoms with Crippen molar-refractivity contribution in [3.05, 3.63) is 51.2 Å². The maximum absolute atomic E-state index is 11.8. The number of halogens is 1. The van der Waals surface area contributed by atoms with Gasteiger partial charge in [0.2, 0.25) is 0 Å². The predicted molar refractivity (Wildman–Crippen MR) is 66.8 cm³/mol. The minimum atomic E-state index is -0.139. The summed E-state index contributed by atoms with van der Waals surface area (Å²) in [4.78, 5) is 14.6. The van der Waals surface area contributed by atoms with Gasteiger partial charge in [0, 0.05) is 5.02 Å². The third-order valence-electron chi connectivity index (χ3n) is 2.37. The van der Waals surface area contributed by atoms with Gasteiger partial charge in [-0.3, -0.25) is 4.57 Å². The Balaban J connectivity index is 2.43. The Morgan fingerprint density at radius 1 is 1.31 bits per heavy atom. The first-order valence-corrected chi connectivity index (χ1v) is 5.95. The molecule has 80 valence electrons. The first-order valence-electron chi connectivity index (χ1n) is 4.70.